The van der Waals surface area contributed by atoms with Crippen LogP contribution in [0.15, 0.2) is 11.4 Å². The lowest BCUT2D eigenvalue weighted by Crippen LogP contribution is -2.06. The summed E-state index contributed by atoms with van der Waals surface area (Å²) in [5.74, 6) is 0. The molecule has 0 fully saturated rings. The van der Waals surface area contributed by atoms with E-state index in [1.807, 2.05) is 11.3 Å². The zero-order valence-corrected chi connectivity index (χ0v) is 9.29. The minimum atomic E-state index is 0.467. The lowest BCUT2D eigenvalue weighted by Gasteiger charge is -2.17. The maximum absolute atomic E-state index is 2.30. The molecular formula is C11H18S. The molecule has 0 saturated heterocycles. The van der Waals surface area contributed by atoms with E-state index in [0.29, 0.717) is 5.41 Å². The van der Waals surface area contributed by atoms with Crippen molar-refractivity contribution in [2.24, 2.45) is 5.41 Å². The molecule has 0 N–H and O–H groups in total. The molecule has 0 nitrogen and oxygen atoms in total. The molecule has 0 radical (unpaired) electrons. The summed E-state index contributed by atoms with van der Waals surface area (Å²) in [7, 11) is 0. The van der Waals surface area contributed by atoms with E-state index >= 15 is 0 Å². The molecule has 1 aromatic heterocycles. The van der Waals surface area contributed by atoms with Crippen LogP contribution in [0, 0.1) is 12.3 Å². The van der Waals surface area contributed by atoms with E-state index in [4.69, 9.17) is 0 Å². The van der Waals surface area contributed by atoms with Crippen LogP contribution in [0.4, 0.5) is 0 Å². The van der Waals surface area contributed by atoms with Crippen LogP contribution in [0.25, 0.3) is 0 Å². The van der Waals surface area contributed by atoms with Gasteiger partial charge in [-0.05, 0) is 42.2 Å². The van der Waals surface area contributed by atoms with Gasteiger partial charge in [-0.25, -0.2) is 0 Å². The van der Waals surface area contributed by atoms with E-state index in [9.17, 15) is 0 Å². The average Bonchev–Trinajstić information content (AvgIpc) is 2.29. The van der Waals surface area contributed by atoms with Gasteiger partial charge in [0.2, 0.25) is 0 Å². The fraction of sp³-hybridized carbons (Fsp3) is 0.636. The Balaban J connectivity index is 2.49. The van der Waals surface area contributed by atoms with E-state index in [1.54, 1.807) is 0 Å². The quantitative estimate of drug-likeness (QED) is 0.647. The SMILES string of the molecule is Cc1sccc1CCC(C)(C)C. The van der Waals surface area contributed by atoms with Gasteiger partial charge >= 0.3 is 0 Å². The Kier molecular flexibility index (Phi) is 2.94. The van der Waals surface area contributed by atoms with Crippen molar-refractivity contribution in [2.75, 3.05) is 0 Å². The Morgan fingerprint density at radius 2 is 2.00 bits per heavy atom. The highest BCUT2D eigenvalue weighted by Crippen LogP contribution is 2.24. The van der Waals surface area contributed by atoms with Crippen molar-refractivity contribution in [3.63, 3.8) is 0 Å². The molecule has 1 heteroatoms. The standard InChI is InChI=1S/C11H18S/c1-9-10(6-8-12-9)5-7-11(2,3)4/h6,8H,5,7H2,1-4H3. The van der Waals surface area contributed by atoms with Gasteiger partial charge in [-0.2, -0.15) is 0 Å². The second-order valence-electron chi connectivity index (χ2n) is 4.56. The van der Waals surface area contributed by atoms with E-state index in [0.717, 1.165) is 0 Å². The predicted molar refractivity (Wildman–Crippen MR) is 56.8 cm³/mol. The van der Waals surface area contributed by atoms with Gasteiger partial charge < -0.3 is 0 Å². The molecule has 12 heavy (non-hydrogen) atoms. The van der Waals surface area contributed by atoms with Crippen molar-refractivity contribution in [1.29, 1.82) is 0 Å². The summed E-state index contributed by atoms with van der Waals surface area (Å²) in [6.07, 6.45) is 2.52. The molecule has 0 aromatic carbocycles. The zero-order chi connectivity index (χ0) is 9.19. The normalized spacial score (nSPS) is 12.0. The summed E-state index contributed by atoms with van der Waals surface area (Å²) < 4.78 is 0. The summed E-state index contributed by atoms with van der Waals surface area (Å²) in [6, 6.07) is 2.26. The summed E-state index contributed by atoms with van der Waals surface area (Å²) in [4.78, 5) is 1.49. The van der Waals surface area contributed by atoms with Gasteiger partial charge in [0.15, 0.2) is 0 Å². The first-order chi connectivity index (χ1) is 5.49. The van der Waals surface area contributed by atoms with Crippen LogP contribution in [0.1, 0.15) is 37.6 Å². The number of hydrogen-bond donors (Lipinski definition) is 0. The van der Waals surface area contributed by atoms with Crippen molar-refractivity contribution < 1.29 is 0 Å². The van der Waals surface area contributed by atoms with Crippen LogP contribution in [0.2, 0.25) is 0 Å². The highest BCUT2D eigenvalue weighted by Gasteiger charge is 2.10. The molecule has 1 rings (SSSR count). The number of aryl methyl sites for hydroxylation is 2. The van der Waals surface area contributed by atoms with Gasteiger partial charge in [0.1, 0.15) is 0 Å². The van der Waals surface area contributed by atoms with Gasteiger partial charge in [-0.15, -0.1) is 11.3 Å². The highest BCUT2D eigenvalue weighted by molar-refractivity contribution is 7.10. The van der Waals surface area contributed by atoms with Crippen LogP contribution in [-0.4, -0.2) is 0 Å². The van der Waals surface area contributed by atoms with Crippen LogP contribution < -0.4 is 0 Å². The van der Waals surface area contributed by atoms with Crippen molar-refractivity contribution in [3.8, 4) is 0 Å². The Hall–Kier alpha value is -0.300. The largest absolute Gasteiger partial charge is 0.149 e. The Labute approximate surface area is 79.6 Å². The maximum atomic E-state index is 2.30. The van der Waals surface area contributed by atoms with E-state index in [1.165, 1.54) is 23.3 Å². The number of hydrogen-bond acceptors (Lipinski definition) is 1. The van der Waals surface area contributed by atoms with Crippen molar-refractivity contribution in [3.05, 3.63) is 21.9 Å². The highest BCUT2D eigenvalue weighted by atomic mass is 32.1. The van der Waals surface area contributed by atoms with Gasteiger partial charge in [0.25, 0.3) is 0 Å². The molecule has 0 bridgehead atoms. The third-order valence-electron chi connectivity index (χ3n) is 2.11. The fourth-order valence-corrected chi connectivity index (χ4v) is 1.94. The summed E-state index contributed by atoms with van der Waals surface area (Å²) >= 11 is 1.85. The molecule has 0 atom stereocenters. The summed E-state index contributed by atoms with van der Waals surface area (Å²) in [6.45, 7) is 9.11. The third kappa shape index (κ3) is 2.98. The second-order valence-corrected chi connectivity index (χ2v) is 5.68. The predicted octanol–water partition coefficient (Wildman–Crippen LogP) is 4.04. The maximum Gasteiger partial charge on any atom is 0.00461 e. The lowest BCUT2D eigenvalue weighted by atomic mass is 9.89. The van der Waals surface area contributed by atoms with Crippen molar-refractivity contribution in [2.45, 2.75) is 40.5 Å². The molecular weight excluding hydrogens is 164 g/mol. The molecule has 68 valence electrons. The Morgan fingerprint density at radius 3 is 2.42 bits per heavy atom. The molecule has 0 aliphatic carbocycles. The molecule has 0 aliphatic heterocycles. The van der Waals surface area contributed by atoms with Crippen molar-refractivity contribution in [1.82, 2.24) is 0 Å². The average molecular weight is 182 g/mol. The minimum absolute atomic E-state index is 0.467. The monoisotopic (exact) mass is 182 g/mol. The topological polar surface area (TPSA) is 0 Å². The van der Waals surface area contributed by atoms with Gasteiger partial charge in [-0.3, -0.25) is 0 Å². The second kappa shape index (κ2) is 3.61. The zero-order valence-electron chi connectivity index (χ0n) is 8.48. The number of rotatable bonds is 2. The van der Waals surface area contributed by atoms with Crippen LogP contribution in [0.3, 0.4) is 0 Å². The molecule has 0 unspecified atom stereocenters. The molecule has 0 saturated carbocycles. The van der Waals surface area contributed by atoms with Crippen LogP contribution in [-0.2, 0) is 6.42 Å². The lowest BCUT2D eigenvalue weighted by molar-refractivity contribution is 0.378. The smallest absolute Gasteiger partial charge is 0.00461 e. The van der Waals surface area contributed by atoms with E-state index in [-0.39, 0.29) is 0 Å². The van der Waals surface area contributed by atoms with E-state index < -0.39 is 0 Å². The van der Waals surface area contributed by atoms with Crippen molar-refractivity contribution >= 4 is 11.3 Å². The first-order valence-corrected chi connectivity index (χ1v) is 5.40. The van der Waals surface area contributed by atoms with Crippen LogP contribution >= 0.6 is 11.3 Å². The minimum Gasteiger partial charge on any atom is -0.149 e. The Bertz CT molecular complexity index is 240. The number of thiophene rings is 1. The fourth-order valence-electron chi connectivity index (χ4n) is 1.18. The molecule has 0 aliphatic rings. The summed E-state index contributed by atoms with van der Waals surface area (Å²) in [5, 5.41) is 2.19. The van der Waals surface area contributed by atoms with Gasteiger partial charge in [0, 0.05) is 4.88 Å². The summed E-state index contributed by atoms with van der Waals surface area (Å²) in [5.41, 5.74) is 2.00. The van der Waals surface area contributed by atoms with Gasteiger partial charge in [0.05, 0.1) is 0 Å². The van der Waals surface area contributed by atoms with Crippen LogP contribution in [0.5, 0.6) is 0 Å². The Morgan fingerprint density at radius 1 is 1.33 bits per heavy atom. The van der Waals surface area contributed by atoms with E-state index in [2.05, 4.69) is 39.1 Å². The molecule has 0 spiro atoms. The molecule has 1 aromatic rings. The molecule has 1 heterocycles. The third-order valence-corrected chi connectivity index (χ3v) is 3.00. The van der Waals surface area contributed by atoms with Gasteiger partial charge in [-0.1, -0.05) is 20.8 Å². The first-order valence-electron chi connectivity index (χ1n) is 4.52. The first kappa shape index (κ1) is 9.79. The molecule has 0 amide bonds.